The standard InChI is InChI=1S/C10H18N.Li/c1-2-3-8-11-9-6-4-5-7-10-11;/h2-3H,1,4-10H2;/q-1;+1. The molecule has 0 atom stereocenters. The van der Waals surface area contributed by atoms with Crippen molar-refractivity contribution >= 4 is 0 Å². The van der Waals surface area contributed by atoms with Crippen molar-refractivity contribution in [3.05, 3.63) is 19.1 Å². The molecule has 2 heteroatoms. The largest absolute Gasteiger partial charge is 1.00 e. The first kappa shape index (κ1) is 12.2. The van der Waals surface area contributed by atoms with Gasteiger partial charge < -0.3 is 4.90 Å². The Hall–Kier alpha value is 0.167. The molecule has 1 nitrogen and oxygen atoms in total. The van der Waals surface area contributed by atoms with E-state index >= 15 is 0 Å². The van der Waals surface area contributed by atoms with Crippen molar-refractivity contribution < 1.29 is 18.9 Å². The quantitative estimate of drug-likeness (QED) is 0.379. The number of nitrogens with zero attached hydrogens (tertiary/aromatic N) is 1. The molecule has 12 heavy (non-hydrogen) atoms. The zero-order valence-corrected chi connectivity index (χ0v) is 8.26. The average Bonchev–Trinajstić information content (AvgIpc) is 2.28. The van der Waals surface area contributed by atoms with E-state index in [0.717, 1.165) is 6.54 Å². The van der Waals surface area contributed by atoms with Crippen molar-refractivity contribution in [2.24, 2.45) is 0 Å². The van der Waals surface area contributed by atoms with Crippen molar-refractivity contribution in [2.75, 3.05) is 19.6 Å². The summed E-state index contributed by atoms with van der Waals surface area (Å²) in [5, 5.41) is 0. The first-order valence-electron chi connectivity index (χ1n) is 4.60. The van der Waals surface area contributed by atoms with Crippen LogP contribution >= 0.6 is 0 Å². The molecule has 0 amide bonds. The Morgan fingerprint density at radius 1 is 1.08 bits per heavy atom. The monoisotopic (exact) mass is 159 g/mol. The van der Waals surface area contributed by atoms with E-state index in [1.807, 2.05) is 6.08 Å². The summed E-state index contributed by atoms with van der Waals surface area (Å²) in [6.45, 7) is 7.35. The summed E-state index contributed by atoms with van der Waals surface area (Å²) in [5.74, 6) is 0. The summed E-state index contributed by atoms with van der Waals surface area (Å²) in [5.41, 5.74) is 0. The van der Waals surface area contributed by atoms with E-state index in [1.54, 1.807) is 0 Å². The van der Waals surface area contributed by atoms with Gasteiger partial charge in [-0.05, 0) is 32.5 Å². The first-order chi connectivity index (χ1) is 5.43. The van der Waals surface area contributed by atoms with Crippen LogP contribution in [0.1, 0.15) is 25.7 Å². The molecule has 0 aromatic carbocycles. The fourth-order valence-electron chi connectivity index (χ4n) is 1.54. The Kier molecular flexibility index (Phi) is 7.91. The number of allylic oxidation sites excluding steroid dienone is 1. The van der Waals surface area contributed by atoms with Crippen molar-refractivity contribution in [3.8, 4) is 0 Å². The van der Waals surface area contributed by atoms with Crippen LogP contribution in [0.15, 0.2) is 12.2 Å². The Bertz CT molecular complexity index is 115. The van der Waals surface area contributed by atoms with Crippen LogP contribution in [0.25, 0.3) is 0 Å². The minimum atomic E-state index is 0. The molecule has 0 aromatic rings. The topological polar surface area (TPSA) is 3.24 Å². The van der Waals surface area contributed by atoms with Gasteiger partial charge in [-0.3, -0.25) is 0 Å². The Balaban J connectivity index is 0.00000121. The molecule has 0 saturated carbocycles. The van der Waals surface area contributed by atoms with Crippen LogP contribution in [0.4, 0.5) is 0 Å². The van der Waals surface area contributed by atoms with E-state index in [0.29, 0.717) is 0 Å². The van der Waals surface area contributed by atoms with Crippen molar-refractivity contribution in [2.45, 2.75) is 25.7 Å². The second-order valence-corrected chi connectivity index (χ2v) is 3.19. The predicted molar refractivity (Wildman–Crippen MR) is 49.4 cm³/mol. The van der Waals surface area contributed by atoms with E-state index in [9.17, 15) is 0 Å². The van der Waals surface area contributed by atoms with Crippen LogP contribution in [0.5, 0.6) is 0 Å². The molecule has 1 heterocycles. The minimum Gasteiger partial charge on any atom is -0.316 e. The summed E-state index contributed by atoms with van der Waals surface area (Å²) in [6, 6.07) is 0. The molecule has 1 fully saturated rings. The maximum absolute atomic E-state index is 3.69. The number of likely N-dealkylation sites (tertiary alicyclic amines) is 1. The van der Waals surface area contributed by atoms with Gasteiger partial charge in [-0.15, -0.1) is 0 Å². The summed E-state index contributed by atoms with van der Waals surface area (Å²) in [4.78, 5) is 2.51. The van der Waals surface area contributed by atoms with E-state index in [1.165, 1.54) is 38.8 Å². The molecule has 1 aliphatic rings. The molecule has 0 bridgehead atoms. The normalized spacial score (nSPS) is 20.3. The second-order valence-electron chi connectivity index (χ2n) is 3.19. The van der Waals surface area contributed by atoms with Crippen LogP contribution < -0.4 is 18.9 Å². The van der Waals surface area contributed by atoms with Crippen LogP contribution in [-0.2, 0) is 0 Å². The molecule has 1 rings (SSSR count). The molecule has 0 aromatic heterocycles. The van der Waals surface area contributed by atoms with E-state index in [4.69, 9.17) is 0 Å². The molecule has 0 N–H and O–H groups in total. The molecular formula is C10H18LiN. The molecule has 0 unspecified atom stereocenters. The third-order valence-corrected chi connectivity index (χ3v) is 2.23. The third-order valence-electron chi connectivity index (χ3n) is 2.23. The number of rotatable bonds is 2. The Labute approximate surface area is 88.4 Å². The maximum atomic E-state index is 3.69. The van der Waals surface area contributed by atoms with Crippen molar-refractivity contribution in [1.29, 1.82) is 0 Å². The van der Waals surface area contributed by atoms with Gasteiger partial charge in [0.25, 0.3) is 0 Å². The van der Waals surface area contributed by atoms with Gasteiger partial charge in [0.2, 0.25) is 0 Å². The van der Waals surface area contributed by atoms with Gasteiger partial charge >= 0.3 is 18.9 Å². The van der Waals surface area contributed by atoms with Gasteiger partial charge in [0.05, 0.1) is 0 Å². The maximum Gasteiger partial charge on any atom is 1.00 e. The zero-order valence-electron chi connectivity index (χ0n) is 8.26. The molecule has 0 radical (unpaired) electrons. The molecule has 1 saturated heterocycles. The molecule has 0 aliphatic carbocycles. The summed E-state index contributed by atoms with van der Waals surface area (Å²) in [6.07, 6.45) is 9.64. The van der Waals surface area contributed by atoms with Crippen LogP contribution in [0, 0.1) is 6.92 Å². The van der Waals surface area contributed by atoms with Gasteiger partial charge in [-0.2, -0.15) is 0 Å². The summed E-state index contributed by atoms with van der Waals surface area (Å²) < 4.78 is 0. The SMILES string of the molecule is [CH2-]C=CCN1CCCCCC1.[Li+]. The van der Waals surface area contributed by atoms with Crippen LogP contribution in [-0.4, -0.2) is 24.5 Å². The average molecular weight is 159 g/mol. The third kappa shape index (κ3) is 4.93. The first-order valence-corrected chi connectivity index (χ1v) is 4.60. The van der Waals surface area contributed by atoms with Gasteiger partial charge in [-0.25, -0.2) is 19.1 Å². The summed E-state index contributed by atoms with van der Waals surface area (Å²) >= 11 is 0. The fourth-order valence-corrected chi connectivity index (χ4v) is 1.54. The number of hydrogen-bond donors (Lipinski definition) is 0. The minimum absolute atomic E-state index is 0. The van der Waals surface area contributed by atoms with E-state index < -0.39 is 0 Å². The van der Waals surface area contributed by atoms with Gasteiger partial charge in [-0.1, -0.05) is 12.8 Å². The van der Waals surface area contributed by atoms with Crippen molar-refractivity contribution in [3.63, 3.8) is 0 Å². The molecular weight excluding hydrogens is 141 g/mol. The van der Waals surface area contributed by atoms with E-state index in [2.05, 4.69) is 17.9 Å². The molecule has 1 aliphatic heterocycles. The summed E-state index contributed by atoms with van der Waals surface area (Å²) in [7, 11) is 0. The molecule has 0 spiro atoms. The van der Waals surface area contributed by atoms with Crippen molar-refractivity contribution in [1.82, 2.24) is 4.90 Å². The molecule has 64 valence electrons. The zero-order chi connectivity index (χ0) is 7.94. The van der Waals surface area contributed by atoms with Gasteiger partial charge in [0.1, 0.15) is 0 Å². The predicted octanol–water partition coefficient (Wildman–Crippen LogP) is -0.743. The van der Waals surface area contributed by atoms with Crippen LogP contribution in [0.2, 0.25) is 0 Å². The van der Waals surface area contributed by atoms with Gasteiger partial charge in [0.15, 0.2) is 0 Å². The Morgan fingerprint density at radius 2 is 1.67 bits per heavy atom. The van der Waals surface area contributed by atoms with Gasteiger partial charge in [0, 0.05) is 0 Å². The fraction of sp³-hybridized carbons (Fsp3) is 0.700. The smallest absolute Gasteiger partial charge is 0.316 e. The number of hydrogen-bond acceptors (Lipinski definition) is 1. The second kappa shape index (κ2) is 7.80. The van der Waals surface area contributed by atoms with Crippen LogP contribution in [0.3, 0.4) is 0 Å². The van der Waals surface area contributed by atoms with E-state index in [-0.39, 0.29) is 18.9 Å². The Morgan fingerprint density at radius 3 is 2.17 bits per heavy atom.